The number of rotatable bonds is 10. The van der Waals surface area contributed by atoms with Gasteiger partial charge in [0.15, 0.2) is 11.5 Å². The highest BCUT2D eigenvalue weighted by Crippen LogP contribution is 2.38. The predicted octanol–water partition coefficient (Wildman–Crippen LogP) is 5.71. The van der Waals surface area contributed by atoms with E-state index in [4.69, 9.17) is 18.9 Å². The molecule has 0 aliphatic heterocycles. The number of halogens is 1. The van der Waals surface area contributed by atoms with Crippen molar-refractivity contribution in [2.45, 2.75) is 0 Å². The summed E-state index contributed by atoms with van der Waals surface area (Å²) in [6, 6.07) is 23.0. The molecule has 10 nitrogen and oxygen atoms in total. The number of nitrogens with zero attached hydrogens (tertiary/aromatic N) is 1. The number of ether oxygens (including phenoxy) is 4. The molecule has 0 unspecified atom stereocenters. The molecular formula is C31H26BrN3O7. The summed E-state index contributed by atoms with van der Waals surface area (Å²) >= 11 is 3.33. The Bertz CT molecular complexity index is 1610. The summed E-state index contributed by atoms with van der Waals surface area (Å²) in [5.41, 5.74) is 4.22. The zero-order chi connectivity index (χ0) is 30.1. The first kappa shape index (κ1) is 29.8. The number of hydrogen-bond acceptors (Lipinski definition) is 8. The van der Waals surface area contributed by atoms with E-state index in [9.17, 15) is 14.4 Å². The highest BCUT2D eigenvalue weighted by Gasteiger charge is 2.18. The first-order valence-corrected chi connectivity index (χ1v) is 13.2. The average Bonchev–Trinajstić information content (AvgIpc) is 3.01. The van der Waals surface area contributed by atoms with E-state index in [1.54, 1.807) is 66.7 Å². The van der Waals surface area contributed by atoms with Crippen LogP contribution in [0.25, 0.3) is 0 Å². The molecule has 0 aromatic heterocycles. The Balaban J connectivity index is 1.42. The van der Waals surface area contributed by atoms with Gasteiger partial charge in [-0.15, -0.1) is 0 Å². The molecule has 2 N–H and O–H groups in total. The molecule has 0 heterocycles. The Kier molecular flexibility index (Phi) is 9.90. The van der Waals surface area contributed by atoms with Crippen LogP contribution in [0.15, 0.2) is 94.5 Å². The minimum Gasteiger partial charge on any atom is -0.493 e. The predicted molar refractivity (Wildman–Crippen MR) is 161 cm³/mol. The van der Waals surface area contributed by atoms with Gasteiger partial charge >= 0.3 is 5.97 Å². The molecule has 0 radical (unpaired) electrons. The van der Waals surface area contributed by atoms with E-state index < -0.39 is 17.8 Å². The lowest BCUT2D eigenvalue weighted by molar-refractivity contribution is 0.0734. The van der Waals surface area contributed by atoms with Crippen LogP contribution in [-0.2, 0) is 0 Å². The van der Waals surface area contributed by atoms with Crippen molar-refractivity contribution in [3.8, 4) is 23.0 Å². The van der Waals surface area contributed by atoms with Crippen LogP contribution in [0.1, 0.15) is 36.6 Å². The Morgan fingerprint density at radius 3 is 2.07 bits per heavy atom. The number of hydrogen-bond donors (Lipinski definition) is 2. The van der Waals surface area contributed by atoms with Crippen molar-refractivity contribution in [2.75, 3.05) is 26.6 Å². The van der Waals surface area contributed by atoms with E-state index in [2.05, 4.69) is 31.8 Å². The second kappa shape index (κ2) is 14.0. The third kappa shape index (κ3) is 7.32. The molecule has 42 heavy (non-hydrogen) atoms. The van der Waals surface area contributed by atoms with E-state index in [0.717, 1.165) is 4.47 Å². The zero-order valence-corrected chi connectivity index (χ0v) is 24.4. The lowest BCUT2D eigenvalue weighted by atomic mass is 10.1. The van der Waals surface area contributed by atoms with Crippen LogP contribution < -0.4 is 29.7 Å². The number of anilines is 1. The molecule has 0 atom stereocenters. The van der Waals surface area contributed by atoms with Gasteiger partial charge in [-0.1, -0.05) is 34.1 Å². The summed E-state index contributed by atoms with van der Waals surface area (Å²) in [5, 5.41) is 6.77. The molecule has 214 valence electrons. The van der Waals surface area contributed by atoms with Crippen molar-refractivity contribution < 1.29 is 33.3 Å². The minimum absolute atomic E-state index is 0.254. The summed E-state index contributed by atoms with van der Waals surface area (Å²) in [6.07, 6.45) is 1.37. The molecule has 0 saturated carbocycles. The van der Waals surface area contributed by atoms with E-state index in [1.807, 2.05) is 0 Å². The van der Waals surface area contributed by atoms with Gasteiger partial charge in [0.2, 0.25) is 5.75 Å². The Hall–Kier alpha value is -5.16. The minimum atomic E-state index is -0.530. The van der Waals surface area contributed by atoms with Crippen LogP contribution in [0.5, 0.6) is 23.0 Å². The van der Waals surface area contributed by atoms with Crippen molar-refractivity contribution >= 4 is 45.6 Å². The lowest BCUT2D eigenvalue weighted by Gasteiger charge is -2.14. The topological polar surface area (TPSA) is 125 Å². The van der Waals surface area contributed by atoms with Gasteiger partial charge in [-0.3, -0.25) is 9.59 Å². The maximum atomic E-state index is 12.9. The van der Waals surface area contributed by atoms with Crippen LogP contribution in [0.2, 0.25) is 0 Å². The SMILES string of the molecule is COc1cc(C(=O)Nc2cccc(C(=O)NN=Cc3ccccc3OC(=O)c3ccc(Br)cc3)c2)cc(OC)c1OC. The van der Waals surface area contributed by atoms with Crippen molar-refractivity contribution in [1.29, 1.82) is 0 Å². The third-order valence-electron chi connectivity index (χ3n) is 5.88. The van der Waals surface area contributed by atoms with Crippen molar-refractivity contribution in [3.63, 3.8) is 0 Å². The van der Waals surface area contributed by atoms with Gasteiger partial charge in [-0.2, -0.15) is 5.10 Å². The summed E-state index contributed by atoms with van der Waals surface area (Å²) in [4.78, 5) is 38.3. The number of esters is 1. The van der Waals surface area contributed by atoms with Gasteiger partial charge in [-0.25, -0.2) is 10.2 Å². The largest absolute Gasteiger partial charge is 0.493 e. The number of carbonyl (C=O) groups is 3. The highest BCUT2D eigenvalue weighted by molar-refractivity contribution is 9.10. The molecule has 0 aliphatic rings. The fourth-order valence-electron chi connectivity index (χ4n) is 3.80. The summed E-state index contributed by atoms with van der Waals surface area (Å²) in [6.45, 7) is 0. The van der Waals surface area contributed by atoms with Gasteiger partial charge in [0.1, 0.15) is 5.75 Å². The van der Waals surface area contributed by atoms with Gasteiger partial charge in [0.25, 0.3) is 11.8 Å². The summed E-state index contributed by atoms with van der Waals surface area (Å²) in [7, 11) is 4.39. The van der Waals surface area contributed by atoms with E-state index in [0.29, 0.717) is 34.1 Å². The van der Waals surface area contributed by atoms with Crippen LogP contribution in [0, 0.1) is 0 Å². The Morgan fingerprint density at radius 1 is 0.714 bits per heavy atom. The van der Waals surface area contributed by atoms with Crippen molar-refractivity contribution in [1.82, 2.24) is 5.43 Å². The molecule has 0 spiro atoms. The lowest BCUT2D eigenvalue weighted by Crippen LogP contribution is -2.18. The number of nitrogens with one attached hydrogen (secondary N) is 2. The van der Waals surface area contributed by atoms with E-state index in [1.165, 1.54) is 45.7 Å². The highest BCUT2D eigenvalue weighted by atomic mass is 79.9. The van der Waals surface area contributed by atoms with Crippen molar-refractivity contribution in [2.24, 2.45) is 5.10 Å². The first-order valence-electron chi connectivity index (χ1n) is 12.4. The standard InChI is InChI=1S/C31H26BrN3O7/c1-39-26-16-22(17-27(40-2)28(26)41-3)29(36)34-24-9-6-8-20(15-24)30(37)35-33-18-21-7-4-5-10-25(21)42-31(38)19-11-13-23(32)14-12-19/h4-18H,1-3H3,(H,34,36)(H,35,37). The molecule has 11 heteroatoms. The fraction of sp³-hybridized carbons (Fsp3) is 0.0968. The first-order chi connectivity index (χ1) is 20.3. The second-order valence-corrected chi connectivity index (χ2v) is 9.50. The number of carbonyl (C=O) groups excluding carboxylic acids is 3. The molecule has 4 aromatic carbocycles. The van der Waals surface area contributed by atoms with Gasteiger partial charge < -0.3 is 24.3 Å². The van der Waals surface area contributed by atoms with Crippen LogP contribution >= 0.6 is 15.9 Å². The van der Waals surface area contributed by atoms with Gasteiger partial charge in [-0.05, 0) is 66.7 Å². The molecule has 2 amide bonds. The Morgan fingerprint density at radius 2 is 1.40 bits per heavy atom. The maximum Gasteiger partial charge on any atom is 0.343 e. The van der Waals surface area contributed by atoms with Gasteiger partial charge in [0, 0.05) is 26.9 Å². The Labute approximate surface area is 250 Å². The molecule has 0 bridgehead atoms. The van der Waals surface area contributed by atoms with E-state index >= 15 is 0 Å². The molecule has 0 aliphatic carbocycles. The zero-order valence-electron chi connectivity index (χ0n) is 22.8. The molecular weight excluding hydrogens is 606 g/mol. The molecule has 4 rings (SSSR count). The summed E-state index contributed by atoms with van der Waals surface area (Å²) < 4.78 is 22.3. The van der Waals surface area contributed by atoms with E-state index in [-0.39, 0.29) is 16.9 Å². The van der Waals surface area contributed by atoms with Crippen LogP contribution in [0.4, 0.5) is 5.69 Å². The second-order valence-electron chi connectivity index (χ2n) is 8.58. The number of para-hydroxylation sites is 1. The average molecular weight is 632 g/mol. The van der Waals surface area contributed by atoms with Crippen LogP contribution in [-0.4, -0.2) is 45.3 Å². The quantitative estimate of drug-likeness (QED) is 0.0994. The smallest absolute Gasteiger partial charge is 0.343 e. The van der Waals surface area contributed by atoms with Gasteiger partial charge in [0.05, 0.1) is 33.1 Å². The molecule has 0 fully saturated rings. The summed E-state index contributed by atoms with van der Waals surface area (Å²) in [5.74, 6) is -0.187. The fourth-order valence-corrected chi connectivity index (χ4v) is 4.07. The normalized spacial score (nSPS) is 10.6. The number of amides is 2. The molecule has 4 aromatic rings. The number of benzene rings is 4. The number of hydrazone groups is 1. The molecule has 0 saturated heterocycles. The number of methoxy groups -OCH3 is 3. The maximum absolute atomic E-state index is 12.9. The van der Waals surface area contributed by atoms with Crippen LogP contribution in [0.3, 0.4) is 0 Å². The third-order valence-corrected chi connectivity index (χ3v) is 6.41. The van der Waals surface area contributed by atoms with Crippen molar-refractivity contribution in [3.05, 3.63) is 112 Å². The monoisotopic (exact) mass is 631 g/mol.